The number of carbonyl (C=O) groups is 1. The van der Waals surface area contributed by atoms with E-state index in [-0.39, 0.29) is 11.6 Å². The molecule has 0 aliphatic heterocycles. The van der Waals surface area contributed by atoms with Crippen molar-refractivity contribution in [3.63, 3.8) is 0 Å². The van der Waals surface area contributed by atoms with Gasteiger partial charge < -0.3 is 4.74 Å². The highest BCUT2D eigenvalue weighted by molar-refractivity contribution is 5.88. The van der Waals surface area contributed by atoms with Gasteiger partial charge in [0.05, 0.1) is 0 Å². The van der Waals surface area contributed by atoms with Gasteiger partial charge in [-0.1, -0.05) is 45.6 Å². The molecule has 0 saturated heterocycles. The van der Waals surface area contributed by atoms with Crippen LogP contribution in [0.1, 0.15) is 90.4 Å². The Kier molecular flexibility index (Phi) is 5.49. The first-order valence-corrected chi connectivity index (χ1v) is 10.0. The van der Waals surface area contributed by atoms with Crippen LogP contribution in [0.4, 0.5) is 0 Å². The standard InChI is InChI=1S/C21H34O2/c1-3-4-5-6-7-8-9-16(2)20(22)23-21-13-17-10-18(14-21)12-19(11-17)15-21/h17-19H,2-15H2,1H3. The molecule has 4 saturated carbocycles. The predicted octanol–water partition coefficient (Wildman–Crippen LogP) is 5.81. The molecule has 4 fully saturated rings. The topological polar surface area (TPSA) is 26.3 Å². The van der Waals surface area contributed by atoms with E-state index in [4.69, 9.17) is 4.74 Å². The molecule has 0 atom stereocenters. The van der Waals surface area contributed by atoms with Gasteiger partial charge in [0.25, 0.3) is 0 Å². The summed E-state index contributed by atoms with van der Waals surface area (Å²) in [5.41, 5.74) is 0.590. The second-order valence-electron chi connectivity index (χ2n) is 8.61. The molecule has 0 aromatic carbocycles. The van der Waals surface area contributed by atoms with Crippen LogP contribution < -0.4 is 0 Å². The molecule has 2 nitrogen and oxygen atoms in total. The van der Waals surface area contributed by atoms with Gasteiger partial charge in [0.1, 0.15) is 5.60 Å². The lowest BCUT2D eigenvalue weighted by atomic mass is 9.54. The van der Waals surface area contributed by atoms with E-state index in [0.29, 0.717) is 5.57 Å². The van der Waals surface area contributed by atoms with E-state index < -0.39 is 0 Å². The van der Waals surface area contributed by atoms with Crippen LogP contribution in [0, 0.1) is 17.8 Å². The molecule has 4 aliphatic carbocycles. The normalized spacial score (nSPS) is 34.6. The third kappa shape index (κ3) is 4.19. The van der Waals surface area contributed by atoms with Gasteiger partial charge in [-0.3, -0.25) is 0 Å². The summed E-state index contributed by atoms with van der Waals surface area (Å²) in [5, 5.41) is 0. The van der Waals surface area contributed by atoms with E-state index in [1.165, 1.54) is 51.4 Å². The summed E-state index contributed by atoms with van der Waals surface area (Å²) in [6, 6.07) is 0. The molecule has 0 spiro atoms. The Morgan fingerprint density at radius 2 is 1.48 bits per heavy atom. The average Bonchev–Trinajstić information content (AvgIpc) is 2.48. The first-order chi connectivity index (χ1) is 11.1. The third-order valence-electron chi connectivity index (χ3n) is 6.41. The summed E-state index contributed by atoms with van der Waals surface area (Å²) < 4.78 is 6.07. The Morgan fingerprint density at radius 3 is 2.04 bits per heavy atom. The first kappa shape index (κ1) is 17.0. The smallest absolute Gasteiger partial charge is 0.333 e. The molecule has 0 amide bonds. The maximum absolute atomic E-state index is 12.5. The monoisotopic (exact) mass is 318 g/mol. The van der Waals surface area contributed by atoms with Crippen LogP contribution in [-0.4, -0.2) is 11.6 Å². The van der Waals surface area contributed by atoms with Gasteiger partial charge in [0.15, 0.2) is 0 Å². The summed E-state index contributed by atoms with van der Waals surface area (Å²) in [4.78, 5) is 12.5. The number of carbonyl (C=O) groups excluding carboxylic acids is 1. The summed E-state index contributed by atoms with van der Waals surface area (Å²) in [5.74, 6) is 2.36. The second kappa shape index (κ2) is 7.40. The van der Waals surface area contributed by atoms with Gasteiger partial charge in [0, 0.05) is 5.57 Å². The van der Waals surface area contributed by atoms with Crippen molar-refractivity contribution in [1.82, 2.24) is 0 Å². The molecular formula is C21H34O2. The highest BCUT2D eigenvalue weighted by Gasteiger charge is 2.53. The van der Waals surface area contributed by atoms with Gasteiger partial charge in [0.2, 0.25) is 0 Å². The Hall–Kier alpha value is -0.790. The molecule has 4 bridgehead atoms. The molecule has 0 aromatic rings. The largest absolute Gasteiger partial charge is 0.456 e. The molecule has 130 valence electrons. The molecule has 23 heavy (non-hydrogen) atoms. The number of rotatable bonds is 9. The van der Waals surface area contributed by atoms with E-state index in [2.05, 4.69) is 13.5 Å². The molecule has 0 aromatic heterocycles. The van der Waals surface area contributed by atoms with E-state index in [0.717, 1.165) is 49.9 Å². The Bertz CT molecular complexity index is 402. The molecular weight excluding hydrogens is 284 g/mol. The van der Waals surface area contributed by atoms with Crippen molar-refractivity contribution in [2.75, 3.05) is 0 Å². The fourth-order valence-corrected chi connectivity index (χ4v) is 5.65. The Balaban J connectivity index is 1.41. The summed E-state index contributed by atoms with van der Waals surface area (Å²) in [6.07, 6.45) is 15.8. The van der Waals surface area contributed by atoms with Gasteiger partial charge >= 0.3 is 5.97 Å². The van der Waals surface area contributed by atoms with E-state index in [1.54, 1.807) is 0 Å². The number of unbranched alkanes of at least 4 members (excludes halogenated alkanes) is 5. The Labute approximate surface area is 142 Å². The minimum Gasteiger partial charge on any atom is -0.456 e. The van der Waals surface area contributed by atoms with Gasteiger partial charge in [-0.15, -0.1) is 0 Å². The predicted molar refractivity (Wildman–Crippen MR) is 94.1 cm³/mol. The molecule has 0 unspecified atom stereocenters. The van der Waals surface area contributed by atoms with Crippen molar-refractivity contribution in [2.45, 2.75) is 96.0 Å². The maximum Gasteiger partial charge on any atom is 0.333 e. The van der Waals surface area contributed by atoms with E-state index in [1.807, 2.05) is 0 Å². The zero-order valence-electron chi connectivity index (χ0n) is 14.9. The lowest BCUT2D eigenvalue weighted by Gasteiger charge is -2.55. The third-order valence-corrected chi connectivity index (χ3v) is 6.41. The first-order valence-electron chi connectivity index (χ1n) is 10.0. The van der Waals surface area contributed by atoms with Crippen LogP contribution in [0.25, 0.3) is 0 Å². The van der Waals surface area contributed by atoms with Crippen molar-refractivity contribution < 1.29 is 9.53 Å². The number of esters is 1. The molecule has 0 N–H and O–H groups in total. The molecule has 2 heteroatoms. The maximum atomic E-state index is 12.5. The minimum atomic E-state index is -0.115. The van der Waals surface area contributed by atoms with Gasteiger partial charge in [-0.2, -0.15) is 0 Å². The van der Waals surface area contributed by atoms with Crippen molar-refractivity contribution in [1.29, 1.82) is 0 Å². The summed E-state index contributed by atoms with van der Waals surface area (Å²) in [6.45, 7) is 6.25. The van der Waals surface area contributed by atoms with Crippen LogP contribution in [-0.2, 0) is 9.53 Å². The molecule has 0 radical (unpaired) electrons. The lowest BCUT2D eigenvalue weighted by Crippen LogP contribution is -2.52. The SMILES string of the molecule is C=C(CCCCCCCC)C(=O)OC12CC3CC(CC(C3)C1)C2. The molecule has 4 rings (SSSR count). The van der Waals surface area contributed by atoms with E-state index >= 15 is 0 Å². The minimum absolute atomic E-state index is 0.0968. The van der Waals surface area contributed by atoms with Crippen LogP contribution in [0.2, 0.25) is 0 Å². The molecule has 4 aliphatic rings. The van der Waals surface area contributed by atoms with Crippen molar-refractivity contribution >= 4 is 5.97 Å². The highest BCUT2D eigenvalue weighted by atomic mass is 16.6. The quantitative estimate of drug-likeness (QED) is 0.305. The van der Waals surface area contributed by atoms with Gasteiger partial charge in [-0.25, -0.2) is 4.79 Å². The highest BCUT2D eigenvalue weighted by Crippen LogP contribution is 2.57. The van der Waals surface area contributed by atoms with Crippen molar-refractivity contribution in [3.05, 3.63) is 12.2 Å². The number of ether oxygens (including phenoxy) is 1. The average molecular weight is 319 g/mol. The zero-order valence-corrected chi connectivity index (χ0v) is 14.9. The van der Waals surface area contributed by atoms with Crippen LogP contribution in [0.5, 0.6) is 0 Å². The fraction of sp³-hybridized carbons (Fsp3) is 0.857. The molecule has 0 heterocycles. The number of hydrogen-bond donors (Lipinski definition) is 0. The van der Waals surface area contributed by atoms with Gasteiger partial charge in [-0.05, 0) is 69.1 Å². The van der Waals surface area contributed by atoms with Crippen molar-refractivity contribution in [3.8, 4) is 0 Å². The fourth-order valence-electron chi connectivity index (χ4n) is 5.65. The summed E-state index contributed by atoms with van der Waals surface area (Å²) in [7, 11) is 0. The number of hydrogen-bond acceptors (Lipinski definition) is 2. The van der Waals surface area contributed by atoms with E-state index in [9.17, 15) is 4.79 Å². The Morgan fingerprint density at radius 1 is 0.957 bits per heavy atom. The second-order valence-corrected chi connectivity index (χ2v) is 8.61. The van der Waals surface area contributed by atoms with Crippen LogP contribution >= 0.6 is 0 Å². The van der Waals surface area contributed by atoms with Crippen LogP contribution in [0.15, 0.2) is 12.2 Å². The lowest BCUT2D eigenvalue weighted by molar-refractivity contribution is -0.182. The summed E-state index contributed by atoms with van der Waals surface area (Å²) >= 11 is 0. The van der Waals surface area contributed by atoms with Crippen molar-refractivity contribution in [2.24, 2.45) is 17.8 Å². The van der Waals surface area contributed by atoms with Crippen LogP contribution in [0.3, 0.4) is 0 Å². The zero-order chi connectivity index (χ0) is 16.3.